The first-order valence-corrected chi connectivity index (χ1v) is 5.37. The number of aromatic nitrogens is 2. The molecule has 5 heteroatoms. The summed E-state index contributed by atoms with van der Waals surface area (Å²) in [6.45, 7) is 3.16. The van der Waals surface area contributed by atoms with Gasteiger partial charge in [0.2, 0.25) is 5.95 Å². The number of hydrogen-bond acceptors (Lipinski definition) is 5. The van der Waals surface area contributed by atoms with Crippen molar-refractivity contribution in [1.29, 1.82) is 0 Å². The Bertz CT molecular complexity index is 327. The summed E-state index contributed by atoms with van der Waals surface area (Å²) in [6.07, 6.45) is 3.58. The van der Waals surface area contributed by atoms with E-state index < -0.39 is 0 Å². The first-order valence-electron chi connectivity index (χ1n) is 5.37. The molecule has 1 aliphatic carbocycles. The molecule has 1 heterocycles. The van der Waals surface area contributed by atoms with Gasteiger partial charge in [-0.15, -0.1) is 0 Å². The molecule has 4 N–H and O–H groups in total. The second-order valence-corrected chi connectivity index (χ2v) is 3.93. The Hall–Kier alpha value is -1.52. The van der Waals surface area contributed by atoms with E-state index in [4.69, 9.17) is 11.5 Å². The van der Waals surface area contributed by atoms with Crippen molar-refractivity contribution in [3.63, 3.8) is 0 Å². The van der Waals surface area contributed by atoms with Crippen molar-refractivity contribution in [2.24, 2.45) is 0 Å². The summed E-state index contributed by atoms with van der Waals surface area (Å²) in [5, 5.41) is 0. The minimum atomic E-state index is 0.256. The largest absolute Gasteiger partial charge is 0.383 e. The van der Waals surface area contributed by atoms with E-state index >= 15 is 0 Å². The van der Waals surface area contributed by atoms with Crippen LogP contribution in [0.1, 0.15) is 26.2 Å². The standard InChI is InChI=1S/C10H17N5/c1-2-5-15(7-3-4-7)9-6-8(11)13-10(12)14-9/h6-7H,2-5H2,1H3,(H4,11,12,13,14). The lowest BCUT2D eigenvalue weighted by molar-refractivity contribution is 0.750. The van der Waals surface area contributed by atoms with E-state index in [9.17, 15) is 0 Å². The lowest BCUT2D eigenvalue weighted by Crippen LogP contribution is -2.27. The number of nitrogens with zero attached hydrogens (tertiary/aromatic N) is 3. The van der Waals surface area contributed by atoms with Crippen LogP contribution in [0.15, 0.2) is 6.07 Å². The molecule has 15 heavy (non-hydrogen) atoms. The molecular formula is C10H17N5. The van der Waals surface area contributed by atoms with Crippen molar-refractivity contribution in [2.75, 3.05) is 22.9 Å². The van der Waals surface area contributed by atoms with Gasteiger partial charge in [0, 0.05) is 18.7 Å². The van der Waals surface area contributed by atoms with Crippen molar-refractivity contribution >= 4 is 17.6 Å². The van der Waals surface area contributed by atoms with E-state index in [1.54, 1.807) is 6.07 Å². The molecule has 0 radical (unpaired) electrons. The highest BCUT2D eigenvalue weighted by atomic mass is 15.3. The molecule has 0 saturated heterocycles. The molecule has 2 rings (SSSR count). The zero-order chi connectivity index (χ0) is 10.8. The Labute approximate surface area is 89.5 Å². The Morgan fingerprint density at radius 3 is 2.67 bits per heavy atom. The SMILES string of the molecule is CCCN(c1cc(N)nc(N)n1)C1CC1. The van der Waals surface area contributed by atoms with Crippen LogP contribution in [0.5, 0.6) is 0 Å². The molecule has 0 aromatic carbocycles. The van der Waals surface area contributed by atoms with E-state index in [1.807, 2.05) is 0 Å². The highest BCUT2D eigenvalue weighted by molar-refractivity contribution is 5.51. The maximum atomic E-state index is 5.66. The number of nitrogens with two attached hydrogens (primary N) is 2. The fraction of sp³-hybridized carbons (Fsp3) is 0.600. The van der Waals surface area contributed by atoms with Gasteiger partial charge in [0.15, 0.2) is 0 Å². The molecule has 0 spiro atoms. The number of rotatable bonds is 4. The average molecular weight is 207 g/mol. The third-order valence-corrected chi connectivity index (χ3v) is 2.50. The van der Waals surface area contributed by atoms with Crippen LogP contribution in [0, 0.1) is 0 Å². The highest BCUT2D eigenvalue weighted by Crippen LogP contribution is 2.31. The normalized spacial score (nSPS) is 15.3. The van der Waals surface area contributed by atoms with E-state index in [-0.39, 0.29) is 5.95 Å². The van der Waals surface area contributed by atoms with Crippen LogP contribution in [0.3, 0.4) is 0 Å². The Morgan fingerprint density at radius 2 is 2.13 bits per heavy atom. The van der Waals surface area contributed by atoms with Crippen molar-refractivity contribution in [3.05, 3.63) is 6.07 Å². The van der Waals surface area contributed by atoms with Gasteiger partial charge in [-0.25, -0.2) is 0 Å². The fourth-order valence-corrected chi connectivity index (χ4v) is 1.73. The summed E-state index contributed by atoms with van der Waals surface area (Å²) in [4.78, 5) is 10.4. The smallest absolute Gasteiger partial charge is 0.223 e. The summed E-state index contributed by atoms with van der Waals surface area (Å²) in [6, 6.07) is 2.42. The molecule has 0 bridgehead atoms. The predicted octanol–water partition coefficient (Wildman–Crippen LogP) is 1.02. The van der Waals surface area contributed by atoms with Crippen molar-refractivity contribution in [1.82, 2.24) is 9.97 Å². The van der Waals surface area contributed by atoms with Gasteiger partial charge >= 0.3 is 0 Å². The monoisotopic (exact) mass is 207 g/mol. The summed E-state index contributed by atoms with van der Waals surface area (Å²) in [5.41, 5.74) is 11.2. The minimum absolute atomic E-state index is 0.256. The van der Waals surface area contributed by atoms with Crippen molar-refractivity contribution in [3.8, 4) is 0 Å². The predicted molar refractivity (Wildman–Crippen MR) is 61.5 cm³/mol. The van der Waals surface area contributed by atoms with Gasteiger partial charge in [0.05, 0.1) is 0 Å². The summed E-state index contributed by atoms with van der Waals surface area (Å²) in [5.74, 6) is 1.57. The third-order valence-electron chi connectivity index (χ3n) is 2.50. The molecule has 1 fully saturated rings. The lowest BCUT2D eigenvalue weighted by atomic mass is 10.3. The maximum Gasteiger partial charge on any atom is 0.223 e. The molecule has 1 aromatic heterocycles. The molecule has 1 aromatic rings. The molecule has 0 amide bonds. The molecule has 1 aliphatic rings. The Balaban J connectivity index is 2.24. The van der Waals surface area contributed by atoms with E-state index in [0.717, 1.165) is 18.8 Å². The van der Waals surface area contributed by atoms with Gasteiger partial charge in [0.1, 0.15) is 11.6 Å². The van der Waals surface area contributed by atoms with E-state index in [0.29, 0.717) is 11.9 Å². The molecule has 0 unspecified atom stereocenters. The Morgan fingerprint density at radius 1 is 1.40 bits per heavy atom. The number of hydrogen-bond donors (Lipinski definition) is 2. The highest BCUT2D eigenvalue weighted by Gasteiger charge is 2.29. The second-order valence-electron chi connectivity index (χ2n) is 3.93. The molecule has 0 aliphatic heterocycles. The minimum Gasteiger partial charge on any atom is -0.383 e. The van der Waals surface area contributed by atoms with Gasteiger partial charge in [-0.1, -0.05) is 6.92 Å². The first-order chi connectivity index (χ1) is 7.20. The van der Waals surface area contributed by atoms with Gasteiger partial charge in [-0.2, -0.15) is 9.97 Å². The topological polar surface area (TPSA) is 81.1 Å². The van der Waals surface area contributed by atoms with Gasteiger partial charge in [0.25, 0.3) is 0 Å². The van der Waals surface area contributed by atoms with Gasteiger partial charge < -0.3 is 16.4 Å². The van der Waals surface area contributed by atoms with Crippen LogP contribution in [0.2, 0.25) is 0 Å². The molecule has 82 valence electrons. The zero-order valence-electron chi connectivity index (χ0n) is 8.98. The van der Waals surface area contributed by atoms with Crippen LogP contribution >= 0.6 is 0 Å². The summed E-state index contributed by atoms with van der Waals surface area (Å²) in [7, 11) is 0. The van der Waals surface area contributed by atoms with Gasteiger partial charge in [-0.05, 0) is 19.3 Å². The number of nitrogen functional groups attached to an aromatic ring is 2. The van der Waals surface area contributed by atoms with Crippen molar-refractivity contribution < 1.29 is 0 Å². The average Bonchev–Trinajstić information content (AvgIpc) is 2.95. The fourth-order valence-electron chi connectivity index (χ4n) is 1.73. The quantitative estimate of drug-likeness (QED) is 0.770. The third kappa shape index (κ3) is 2.29. The van der Waals surface area contributed by atoms with Crippen LogP contribution in [0.25, 0.3) is 0 Å². The summed E-state index contributed by atoms with van der Waals surface area (Å²) >= 11 is 0. The number of anilines is 3. The van der Waals surface area contributed by atoms with Crippen LogP contribution in [-0.2, 0) is 0 Å². The first kappa shape index (κ1) is 10.0. The molecule has 1 saturated carbocycles. The van der Waals surface area contributed by atoms with E-state index in [1.165, 1.54) is 12.8 Å². The lowest BCUT2D eigenvalue weighted by Gasteiger charge is -2.22. The van der Waals surface area contributed by atoms with Gasteiger partial charge in [-0.3, -0.25) is 0 Å². The van der Waals surface area contributed by atoms with Crippen molar-refractivity contribution in [2.45, 2.75) is 32.2 Å². The summed E-state index contributed by atoms with van der Waals surface area (Å²) < 4.78 is 0. The van der Waals surface area contributed by atoms with Crippen LogP contribution < -0.4 is 16.4 Å². The molecule has 0 atom stereocenters. The zero-order valence-corrected chi connectivity index (χ0v) is 8.98. The van der Waals surface area contributed by atoms with Crippen LogP contribution in [-0.4, -0.2) is 22.6 Å². The maximum absolute atomic E-state index is 5.66. The molecular weight excluding hydrogens is 190 g/mol. The molecule has 5 nitrogen and oxygen atoms in total. The second kappa shape index (κ2) is 3.92. The van der Waals surface area contributed by atoms with E-state index in [2.05, 4.69) is 21.8 Å². The van der Waals surface area contributed by atoms with Crippen LogP contribution in [0.4, 0.5) is 17.6 Å². The Kier molecular flexibility index (Phi) is 2.62.